The lowest BCUT2D eigenvalue weighted by Gasteiger charge is -2.38. The first kappa shape index (κ1) is 29.7. The van der Waals surface area contributed by atoms with Gasteiger partial charge >= 0.3 is 12.1 Å². The van der Waals surface area contributed by atoms with Crippen LogP contribution in [0.2, 0.25) is 18.1 Å². The summed E-state index contributed by atoms with van der Waals surface area (Å²) in [7, 11) is -0.745. The number of nitrogens with one attached hydrogen (secondary N) is 1. The summed E-state index contributed by atoms with van der Waals surface area (Å²) >= 11 is 0. The van der Waals surface area contributed by atoms with E-state index in [1.54, 1.807) is 7.11 Å². The van der Waals surface area contributed by atoms with E-state index in [0.29, 0.717) is 23.5 Å². The fourth-order valence-electron chi connectivity index (χ4n) is 5.12. The summed E-state index contributed by atoms with van der Waals surface area (Å²) in [5, 5.41) is 2.88. The van der Waals surface area contributed by atoms with Gasteiger partial charge in [-0.3, -0.25) is 0 Å². The largest absolute Gasteiger partial charge is 0.543 e. The zero-order valence-electron chi connectivity index (χ0n) is 25.1. The number of cyclic esters (lactones) is 1. The Morgan fingerprint density at radius 3 is 2.45 bits per heavy atom. The zero-order chi connectivity index (χ0) is 29.2. The molecule has 1 N–H and O–H groups in total. The summed E-state index contributed by atoms with van der Waals surface area (Å²) in [5.41, 5.74) is 4.93. The second kappa shape index (κ2) is 11.7. The van der Waals surface area contributed by atoms with Gasteiger partial charge in [-0.2, -0.15) is 0 Å². The van der Waals surface area contributed by atoms with E-state index in [1.807, 2.05) is 44.2 Å². The van der Waals surface area contributed by atoms with Crippen molar-refractivity contribution >= 4 is 20.4 Å². The number of alkyl carbamates (subject to hydrolysis) is 1. The van der Waals surface area contributed by atoms with Crippen molar-refractivity contribution in [3.8, 4) is 11.5 Å². The molecule has 1 aliphatic heterocycles. The Balaban J connectivity index is 1.74. The molecule has 0 aromatic heterocycles. The maximum atomic E-state index is 13.2. The van der Waals surface area contributed by atoms with E-state index in [9.17, 15) is 9.59 Å². The molecule has 1 heterocycles. The Hall–Kier alpha value is -3.26. The number of allylic oxidation sites excluding steroid dienone is 1. The highest BCUT2D eigenvalue weighted by atomic mass is 28.4. The third kappa shape index (κ3) is 6.07. The number of benzene rings is 2. The van der Waals surface area contributed by atoms with Crippen LogP contribution in [0, 0.1) is 6.92 Å². The summed E-state index contributed by atoms with van der Waals surface area (Å²) in [6, 6.07) is 9.58. The SMILES string of the molecule is COc1c(C)c2c(c(O[Si](C)(C)C(C)(C)C)c1C[C@@H](OC(=O)N[C@H](C)c1ccccc1)C1=CCCC1)C(=O)OC2. The molecule has 0 radical (unpaired) electrons. The summed E-state index contributed by atoms with van der Waals surface area (Å²) in [6.07, 6.45) is 4.27. The number of fused-ring (bicyclic) bond motifs is 1. The summed E-state index contributed by atoms with van der Waals surface area (Å²) in [4.78, 5) is 26.3. The lowest BCUT2D eigenvalue weighted by atomic mass is 9.92. The van der Waals surface area contributed by atoms with Gasteiger partial charge < -0.3 is 24.0 Å². The predicted octanol–water partition coefficient (Wildman–Crippen LogP) is 7.57. The number of rotatable bonds is 9. The number of carbonyl (C=O) groups excluding carboxylic acids is 2. The number of carbonyl (C=O) groups is 2. The summed E-state index contributed by atoms with van der Waals surface area (Å²) in [6.45, 7) is 14.9. The Bertz CT molecular complexity index is 1290. The van der Waals surface area contributed by atoms with Gasteiger partial charge in [0.2, 0.25) is 0 Å². The van der Waals surface area contributed by atoms with Gasteiger partial charge in [-0.25, -0.2) is 9.59 Å². The molecule has 0 unspecified atom stereocenters. The van der Waals surface area contributed by atoms with Crippen LogP contribution in [0.4, 0.5) is 4.79 Å². The van der Waals surface area contributed by atoms with Gasteiger partial charge in [0.15, 0.2) is 0 Å². The normalized spacial score (nSPS) is 16.5. The topological polar surface area (TPSA) is 83.1 Å². The Morgan fingerprint density at radius 1 is 1.15 bits per heavy atom. The van der Waals surface area contributed by atoms with E-state index < -0.39 is 20.5 Å². The molecule has 0 spiro atoms. The number of esters is 1. The van der Waals surface area contributed by atoms with Crippen LogP contribution >= 0.6 is 0 Å². The molecular formula is C32H43NO6Si. The van der Waals surface area contributed by atoms with Crippen LogP contribution in [0.1, 0.15) is 85.6 Å². The average molecular weight is 566 g/mol. The smallest absolute Gasteiger partial charge is 0.408 e. The average Bonchev–Trinajstić information content (AvgIpc) is 3.56. The standard InChI is InChI=1S/C32H43NO6Si/c1-20-25-19-37-30(34)27(25)29(39-40(7,8)32(3,4)5)24(28(20)36-6)18-26(23-16-12-13-17-23)38-31(35)33-21(2)22-14-10-9-11-15-22/h9-11,14-16,21,26H,12-13,17-19H2,1-8H3,(H,33,35)/t21-,26-/m1/s1. The van der Waals surface area contributed by atoms with Crippen molar-refractivity contribution in [1.29, 1.82) is 0 Å². The molecule has 0 saturated heterocycles. The molecule has 0 bridgehead atoms. The predicted molar refractivity (Wildman–Crippen MR) is 159 cm³/mol. The van der Waals surface area contributed by atoms with E-state index >= 15 is 0 Å². The minimum absolute atomic E-state index is 0.102. The first-order chi connectivity index (χ1) is 18.8. The van der Waals surface area contributed by atoms with Gasteiger partial charge in [0.05, 0.1) is 13.2 Å². The van der Waals surface area contributed by atoms with Crippen LogP contribution < -0.4 is 14.5 Å². The minimum Gasteiger partial charge on any atom is -0.543 e. The molecule has 1 aliphatic carbocycles. The van der Waals surface area contributed by atoms with Gasteiger partial charge in [0.1, 0.15) is 29.8 Å². The highest BCUT2D eigenvalue weighted by Crippen LogP contribution is 2.47. The molecule has 8 heteroatoms. The van der Waals surface area contributed by atoms with Crippen LogP contribution in [-0.4, -0.2) is 33.6 Å². The van der Waals surface area contributed by atoms with E-state index in [1.165, 1.54) is 0 Å². The number of ether oxygens (including phenoxy) is 3. The maximum absolute atomic E-state index is 13.2. The van der Waals surface area contributed by atoms with E-state index in [0.717, 1.165) is 47.1 Å². The second-order valence-electron chi connectivity index (χ2n) is 12.3. The van der Waals surface area contributed by atoms with E-state index in [2.05, 4.69) is 45.3 Å². The monoisotopic (exact) mass is 565 g/mol. The molecule has 40 heavy (non-hydrogen) atoms. The van der Waals surface area contributed by atoms with Crippen molar-refractivity contribution in [3.05, 3.63) is 69.8 Å². The quantitative estimate of drug-likeness (QED) is 0.192. The number of methoxy groups -OCH3 is 1. The highest BCUT2D eigenvalue weighted by molar-refractivity contribution is 6.74. The van der Waals surface area contributed by atoms with Gasteiger partial charge in [-0.1, -0.05) is 57.2 Å². The molecule has 4 rings (SSSR count). The molecule has 2 aromatic rings. The van der Waals surface area contributed by atoms with Gasteiger partial charge in [-0.15, -0.1) is 0 Å². The lowest BCUT2D eigenvalue weighted by molar-refractivity contribution is 0.0533. The van der Waals surface area contributed by atoms with Crippen LogP contribution in [0.5, 0.6) is 11.5 Å². The Morgan fingerprint density at radius 2 is 1.85 bits per heavy atom. The fourth-order valence-corrected chi connectivity index (χ4v) is 6.16. The van der Waals surface area contributed by atoms with Crippen molar-refractivity contribution in [1.82, 2.24) is 5.32 Å². The molecule has 0 fully saturated rings. The second-order valence-corrected chi connectivity index (χ2v) is 17.0. The number of hydrogen-bond donors (Lipinski definition) is 1. The van der Waals surface area contributed by atoms with Gasteiger partial charge in [0.25, 0.3) is 8.32 Å². The highest BCUT2D eigenvalue weighted by Gasteiger charge is 2.43. The first-order valence-corrected chi connectivity index (χ1v) is 17.0. The lowest BCUT2D eigenvalue weighted by Crippen LogP contribution is -2.44. The third-order valence-electron chi connectivity index (χ3n) is 8.55. The molecule has 2 aromatic carbocycles. The third-order valence-corrected chi connectivity index (χ3v) is 12.9. The van der Waals surface area contributed by atoms with E-state index in [4.69, 9.17) is 18.6 Å². The van der Waals surface area contributed by atoms with Gasteiger partial charge in [0, 0.05) is 17.5 Å². The van der Waals surface area contributed by atoms with Crippen molar-refractivity contribution < 1.29 is 28.2 Å². The minimum atomic E-state index is -2.37. The van der Waals surface area contributed by atoms with Crippen LogP contribution in [0.3, 0.4) is 0 Å². The van der Waals surface area contributed by atoms with Crippen LogP contribution in [-0.2, 0) is 22.5 Å². The summed E-state index contributed by atoms with van der Waals surface area (Å²) < 4.78 is 24.5. The molecule has 2 atom stereocenters. The van der Waals surface area contributed by atoms with Crippen molar-refractivity contribution in [3.63, 3.8) is 0 Å². The first-order valence-electron chi connectivity index (χ1n) is 14.1. The molecule has 216 valence electrons. The number of amides is 1. The molecular weight excluding hydrogens is 522 g/mol. The van der Waals surface area contributed by atoms with Gasteiger partial charge in [-0.05, 0) is 67.9 Å². The molecule has 7 nitrogen and oxygen atoms in total. The van der Waals surface area contributed by atoms with E-state index in [-0.39, 0.29) is 23.7 Å². The Labute approximate surface area is 239 Å². The zero-order valence-corrected chi connectivity index (χ0v) is 26.1. The van der Waals surface area contributed by atoms with Crippen molar-refractivity contribution in [2.45, 2.75) is 97.2 Å². The fraction of sp³-hybridized carbons (Fsp3) is 0.500. The number of hydrogen-bond acceptors (Lipinski definition) is 6. The van der Waals surface area contributed by atoms with Crippen LogP contribution in [0.25, 0.3) is 0 Å². The Kier molecular flexibility index (Phi) is 8.68. The van der Waals surface area contributed by atoms with Crippen molar-refractivity contribution in [2.24, 2.45) is 0 Å². The maximum Gasteiger partial charge on any atom is 0.408 e. The summed E-state index contributed by atoms with van der Waals surface area (Å²) in [5.74, 6) is 0.774. The molecule has 2 aliphatic rings. The van der Waals surface area contributed by atoms with Crippen molar-refractivity contribution in [2.75, 3.05) is 7.11 Å². The molecule has 1 amide bonds. The van der Waals surface area contributed by atoms with Crippen LogP contribution in [0.15, 0.2) is 42.0 Å². The molecule has 0 saturated carbocycles.